The third-order valence-electron chi connectivity index (χ3n) is 5.02. The van der Waals surface area contributed by atoms with Crippen LogP contribution in [-0.4, -0.2) is 47.7 Å². The number of esters is 2. The number of pyridine rings is 1. The van der Waals surface area contributed by atoms with Crippen molar-refractivity contribution in [1.82, 2.24) is 20.0 Å². The summed E-state index contributed by atoms with van der Waals surface area (Å²) in [6, 6.07) is 10.9. The first-order valence-electron chi connectivity index (χ1n) is 10.2. The zero-order chi connectivity index (χ0) is 23.4. The van der Waals surface area contributed by atoms with Crippen LogP contribution in [0.1, 0.15) is 29.0 Å². The van der Waals surface area contributed by atoms with Gasteiger partial charge in [-0.3, -0.25) is 0 Å². The number of hydrogen-bond donors (Lipinski definition) is 2. The predicted octanol–water partition coefficient (Wildman–Crippen LogP) is 2.37. The molecule has 0 saturated heterocycles. The first kappa shape index (κ1) is 21.9. The molecule has 2 amide bonds. The van der Waals surface area contributed by atoms with Crippen molar-refractivity contribution in [2.24, 2.45) is 0 Å². The number of hydrogen-bond acceptors (Lipinski definition) is 7. The van der Waals surface area contributed by atoms with E-state index in [4.69, 9.17) is 14.2 Å². The molecule has 1 aliphatic heterocycles. The summed E-state index contributed by atoms with van der Waals surface area (Å²) >= 11 is 0. The monoisotopic (exact) mass is 450 g/mol. The molecule has 10 heteroatoms. The predicted molar refractivity (Wildman–Crippen MR) is 117 cm³/mol. The summed E-state index contributed by atoms with van der Waals surface area (Å²) in [6.07, 6.45) is 3.30. The van der Waals surface area contributed by atoms with E-state index in [0.717, 1.165) is 0 Å². The Morgan fingerprint density at radius 2 is 1.88 bits per heavy atom. The molecule has 0 aliphatic carbocycles. The Morgan fingerprint density at radius 3 is 2.58 bits per heavy atom. The highest BCUT2D eigenvalue weighted by Crippen LogP contribution is 2.29. The molecule has 0 radical (unpaired) electrons. The van der Waals surface area contributed by atoms with Crippen LogP contribution in [-0.2, 0) is 14.3 Å². The van der Waals surface area contributed by atoms with Crippen molar-refractivity contribution in [3.63, 3.8) is 0 Å². The van der Waals surface area contributed by atoms with Crippen molar-refractivity contribution in [2.45, 2.75) is 13.0 Å². The second kappa shape index (κ2) is 9.43. The van der Waals surface area contributed by atoms with E-state index >= 15 is 0 Å². The summed E-state index contributed by atoms with van der Waals surface area (Å²) in [4.78, 5) is 42.0. The summed E-state index contributed by atoms with van der Waals surface area (Å²) in [5, 5.41) is 5.28. The van der Waals surface area contributed by atoms with Gasteiger partial charge in [-0.15, -0.1) is 0 Å². The van der Waals surface area contributed by atoms with Crippen LogP contribution in [0.15, 0.2) is 66.1 Å². The molecule has 0 fully saturated rings. The number of fused-ring (bicyclic) bond motifs is 1. The molecule has 170 valence electrons. The molecule has 10 nitrogen and oxygen atoms in total. The lowest BCUT2D eigenvalue weighted by Crippen LogP contribution is -2.47. The van der Waals surface area contributed by atoms with Crippen molar-refractivity contribution in [3.05, 3.63) is 77.4 Å². The number of ether oxygens (including phenoxy) is 3. The average molecular weight is 450 g/mol. The molecule has 4 rings (SSSR count). The fourth-order valence-corrected chi connectivity index (χ4v) is 3.47. The van der Waals surface area contributed by atoms with Crippen LogP contribution in [0.5, 0.6) is 5.75 Å². The molecule has 0 bridgehead atoms. The number of amides is 2. The van der Waals surface area contributed by atoms with Crippen LogP contribution in [0.3, 0.4) is 0 Å². The van der Waals surface area contributed by atoms with E-state index in [0.29, 0.717) is 17.0 Å². The van der Waals surface area contributed by atoms with Crippen molar-refractivity contribution in [2.75, 3.05) is 20.3 Å². The topological polar surface area (TPSA) is 120 Å². The molecule has 0 spiro atoms. The largest absolute Gasteiger partial charge is 0.497 e. The third kappa shape index (κ3) is 4.64. The number of carbonyl (C=O) groups is 3. The van der Waals surface area contributed by atoms with Gasteiger partial charge in [-0.25, -0.2) is 19.4 Å². The number of carbonyl (C=O) groups excluding carboxylic acids is 3. The fourth-order valence-electron chi connectivity index (χ4n) is 3.47. The van der Waals surface area contributed by atoms with Gasteiger partial charge in [0.05, 0.1) is 31.0 Å². The highest BCUT2D eigenvalue weighted by Gasteiger charge is 2.34. The molecule has 2 aromatic heterocycles. The maximum Gasteiger partial charge on any atom is 0.358 e. The van der Waals surface area contributed by atoms with Crippen molar-refractivity contribution in [1.29, 1.82) is 0 Å². The Hall–Kier alpha value is -4.34. The van der Waals surface area contributed by atoms with Crippen molar-refractivity contribution in [3.8, 4) is 5.75 Å². The van der Waals surface area contributed by atoms with E-state index in [1.54, 1.807) is 67.2 Å². The molecule has 2 N–H and O–H groups in total. The van der Waals surface area contributed by atoms with Crippen LogP contribution in [0.2, 0.25) is 0 Å². The summed E-state index contributed by atoms with van der Waals surface area (Å²) in [6.45, 7) is 1.47. The summed E-state index contributed by atoms with van der Waals surface area (Å²) in [5.74, 6) is -0.699. The quantitative estimate of drug-likeness (QED) is 0.530. The van der Waals surface area contributed by atoms with E-state index in [2.05, 4.69) is 15.6 Å². The molecular formula is C23H22N4O6. The molecule has 1 atom stereocenters. The van der Waals surface area contributed by atoms with Gasteiger partial charge < -0.3 is 29.2 Å². The maximum atomic E-state index is 12.8. The van der Waals surface area contributed by atoms with Crippen LogP contribution >= 0.6 is 0 Å². The fraction of sp³-hybridized carbons (Fsp3) is 0.217. The lowest BCUT2D eigenvalue weighted by atomic mass is 9.95. The van der Waals surface area contributed by atoms with E-state index < -0.39 is 24.0 Å². The molecule has 1 aliphatic rings. The number of nitrogens with zero attached hydrogens (tertiary/aromatic N) is 2. The van der Waals surface area contributed by atoms with Gasteiger partial charge in [-0.1, -0.05) is 18.2 Å². The van der Waals surface area contributed by atoms with Gasteiger partial charge >= 0.3 is 18.0 Å². The first-order valence-corrected chi connectivity index (χ1v) is 10.2. The zero-order valence-electron chi connectivity index (χ0n) is 18.0. The smallest absolute Gasteiger partial charge is 0.358 e. The molecular weight excluding hydrogens is 428 g/mol. The number of aromatic nitrogens is 2. The van der Waals surface area contributed by atoms with Gasteiger partial charge in [-0.05, 0) is 36.8 Å². The Labute approximate surface area is 189 Å². The van der Waals surface area contributed by atoms with Crippen LogP contribution < -0.4 is 15.4 Å². The molecule has 0 saturated carbocycles. The molecule has 1 unspecified atom stereocenters. The number of imidazole rings is 1. The standard InChI is InChI=1S/C23H22N4O6/c1-3-32-22(29)19-17(13-33-21(28)16-12-27-11-5-4-6-18(27)24-16)25-23(30)26-20(19)14-7-9-15(31-2)10-8-14/h4-12,20H,3,13H2,1-2H3,(H2,25,26,30). The highest BCUT2D eigenvalue weighted by molar-refractivity contribution is 5.95. The molecule has 1 aromatic carbocycles. The maximum absolute atomic E-state index is 12.8. The number of rotatable bonds is 7. The highest BCUT2D eigenvalue weighted by atomic mass is 16.5. The molecule has 3 heterocycles. The second-order valence-corrected chi connectivity index (χ2v) is 7.09. The summed E-state index contributed by atoms with van der Waals surface area (Å²) in [5.41, 5.74) is 1.61. The average Bonchev–Trinajstić information content (AvgIpc) is 3.27. The first-order chi connectivity index (χ1) is 16.0. The van der Waals surface area contributed by atoms with Gasteiger partial charge in [0.1, 0.15) is 18.0 Å². The number of nitrogens with one attached hydrogen (secondary N) is 2. The SMILES string of the molecule is CCOC(=O)C1=C(COC(=O)c2cn3ccccc3n2)NC(=O)NC1c1ccc(OC)cc1. The molecule has 33 heavy (non-hydrogen) atoms. The Bertz CT molecular complexity index is 1200. The Balaban J connectivity index is 1.62. The minimum Gasteiger partial charge on any atom is -0.497 e. The normalized spacial score (nSPS) is 15.6. The van der Waals surface area contributed by atoms with Gasteiger partial charge in [0, 0.05) is 12.4 Å². The van der Waals surface area contributed by atoms with Crippen LogP contribution in [0, 0.1) is 0 Å². The van der Waals surface area contributed by atoms with Crippen molar-refractivity contribution < 1.29 is 28.6 Å². The van der Waals surface area contributed by atoms with E-state index in [1.165, 1.54) is 0 Å². The second-order valence-electron chi connectivity index (χ2n) is 7.09. The lowest BCUT2D eigenvalue weighted by molar-refractivity contribution is -0.139. The number of benzene rings is 1. The number of methoxy groups -OCH3 is 1. The third-order valence-corrected chi connectivity index (χ3v) is 5.02. The van der Waals surface area contributed by atoms with E-state index in [1.807, 2.05) is 6.07 Å². The van der Waals surface area contributed by atoms with Crippen molar-refractivity contribution >= 4 is 23.6 Å². The van der Waals surface area contributed by atoms with Gasteiger partial charge in [0.2, 0.25) is 0 Å². The van der Waals surface area contributed by atoms with Crippen LogP contribution in [0.25, 0.3) is 5.65 Å². The van der Waals surface area contributed by atoms with Crippen LogP contribution in [0.4, 0.5) is 4.79 Å². The minimum atomic E-state index is -0.799. The van der Waals surface area contributed by atoms with Gasteiger partial charge in [0.25, 0.3) is 0 Å². The van der Waals surface area contributed by atoms with E-state index in [9.17, 15) is 14.4 Å². The number of urea groups is 1. The minimum absolute atomic E-state index is 0.103. The summed E-state index contributed by atoms with van der Waals surface area (Å²) < 4.78 is 17.4. The molecule has 3 aromatic rings. The van der Waals surface area contributed by atoms with Gasteiger partial charge in [0.15, 0.2) is 5.69 Å². The zero-order valence-corrected chi connectivity index (χ0v) is 18.0. The Morgan fingerprint density at radius 1 is 1.09 bits per heavy atom. The summed E-state index contributed by atoms with van der Waals surface area (Å²) in [7, 11) is 1.54. The lowest BCUT2D eigenvalue weighted by Gasteiger charge is -2.29. The van der Waals surface area contributed by atoms with Gasteiger partial charge in [-0.2, -0.15) is 0 Å². The Kier molecular flexibility index (Phi) is 6.25. The van der Waals surface area contributed by atoms with E-state index in [-0.39, 0.29) is 30.2 Å².